The van der Waals surface area contributed by atoms with E-state index in [0.717, 1.165) is 7.11 Å². The molecule has 0 saturated carbocycles. The van der Waals surface area contributed by atoms with E-state index >= 15 is 0 Å². The van der Waals surface area contributed by atoms with Crippen LogP contribution in [-0.4, -0.2) is 76.9 Å². The third-order valence-electron chi connectivity index (χ3n) is 7.06. The number of carbonyl (C=O) groups is 5. The summed E-state index contributed by atoms with van der Waals surface area (Å²) in [7, 11) is 2.38. The largest absolute Gasteiger partial charge is 0.467 e. The van der Waals surface area contributed by atoms with Gasteiger partial charge in [0.25, 0.3) is 5.91 Å². The Morgan fingerprint density at radius 2 is 1.56 bits per heavy atom. The predicted octanol–water partition coefficient (Wildman–Crippen LogP) is 4.51. The zero-order chi connectivity index (χ0) is 32.1. The third-order valence-corrected chi connectivity index (χ3v) is 9.17. The number of methoxy groups -OCH3 is 2. The van der Waals surface area contributed by atoms with Gasteiger partial charge in [0.2, 0.25) is 11.7 Å². The average Bonchev–Trinajstić information content (AvgIpc) is 3.13. The van der Waals surface area contributed by atoms with Crippen LogP contribution in [-0.2, 0) is 35.1 Å². The molecule has 2 atom stereocenters. The van der Waals surface area contributed by atoms with Gasteiger partial charge in [-0.05, 0) is 57.5 Å². The summed E-state index contributed by atoms with van der Waals surface area (Å²) in [6.07, 6.45) is -0.00395. The van der Waals surface area contributed by atoms with E-state index in [-0.39, 0.29) is 35.0 Å². The number of amides is 2. The molecule has 2 aromatic carbocycles. The Kier molecular flexibility index (Phi) is 11.3. The molecule has 0 aromatic heterocycles. The first kappa shape index (κ1) is 34.4. The van der Waals surface area contributed by atoms with Crippen molar-refractivity contribution in [1.29, 1.82) is 0 Å². The number of hydrogen-bond donors (Lipinski definition) is 2. The number of thioether (sulfide) groups is 1. The maximum absolute atomic E-state index is 13.8. The van der Waals surface area contributed by atoms with Crippen molar-refractivity contribution < 1.29 is 33.4 Å². The topological polar surface area (TPSA) is 131 Å². The Hall–Kier alpha value is -3.12. The van der Waals surface area contributed by atoms with Gasteiger partial charge in [-0.2, -0.15) is 0 Å². The number of anilines is 1. The molecule has 3 rings (SSSR count). The first-order valence-corrected chi connectivity index (χ1v) is 15.0. The number of Topliss-reactive ketones (excluding diaryl/α,β-unsaturated/α-hetero) is 1. The molecule has 43 heavy (non-hydrogen) atoms. The molecule has 2 N–H and O–H groups in total. The number of benzene rings is 2. The van der Waals surface area contributed by atoms with Crippen LogP contribution in [0.1, 0.15) is 50.0 Å². The van der Waals surface area contributed by atoms with Gasteiger partial charge in [0.05, 0.1) is 34.7 Å². The van der Waals surface area contributed by atoms with Gasteiger partial charge >= 0.3 is 11.9 Å². The van der Waals surface area contributed by atoms with Crippen molar-refractivity contribution in [2.24, 2.45) is 0 Å². The Morgan fingerprint density at radius 1 is 0.953 bits per heavy atom. The van der Waals surface area contributed by atoms with E-state index in [1.54, 1.807) is 54.2 Å². The highest BCUT2D eigenvalue weighted by molar-refractivity contribution is 8.02. The normalized spacial score (nSPS) is 17.9. The van der Waals surface area contributed by atoms with Crippen molar-refractivity contribution in [3.05, 3.63) is 63.6 Å². The third kappa shape index (κ3) is 8.29. The van der Waals surface area contributed by atoms with Gasteiger partial charge < -0.3 is 20.1 Å². The highest BCUT2D eigenvalue weighted by atomic mass is 35.5. The van der Waals surface area contributed by atoms with Crippen LogP contribution >= 0.6 is 35.0 Å². The van der Waals surface area contributed by atoms with Crippen molar-refractivity contribution in [2.45, 2.75) is 62.2 Å². The van der Waals surface area contributed by atoms with Crippen LogP contribution in [0.4, 0.5) is 5.69 Å². The van der Waals surface area contributed by atoms with Gasteiger partial charge in [0, 0.05) is 29.8 Å². The second kappa shape index (κ2) is 14.1. The Labute approximate surface area is 265 Å². The summed E-state index contributed by atoms with van der Waals surface area (Å²) in [5, 5.41) is 6.03. The zero-order valence-electron chi connectivity index (χ0n) is 24.8. The molecule has 10 nitrogen and oxygen atoms in total. The molecule has 2 aromatic rings. The molecule has 0 radical (unpaired) electrons. The number of esters is 2. The van der Waals surface area contributed by atoms with Crippen molar-refractivity contribution in [3.8, 4) is 0 Å². The second-order valence-corrected chi connectivity index (χ2v) is 14.0. The molecule has 13 heteroatoms. The standard InChI is InChI=1S/C30H35Cl2N3O7S/c1-29(2)24(35(30(3,4)43-29)15-14-22(36)28(40)42-6)26(38)34-21(27(39)41-5)16-17-10-12-18(13-11-17)33-25(37)23-19(31)8-7-9-20(23)32/h7-13,21,24H,14-16H2,1-6H3,(H,33,37)(H,34,38)/t21-,24+/m0/s1. The summed E-state index contributed by atoms with van der Waals surface area (Å²) in [6, 6.07) is 9.80. The fraction of sp³-hybridized carbons (Fsp3) is 0.433. The molecule has 2 amide bonds. The molecule has 0 aliphatic carbocycles. The van der Waals surface area contributed by atoms with Crippen LogP contribution in [0.15, 0.2) is 42.5 Å². The minimum Gasteiger partial charge on any atom is -0.467 e. The van der Waals surface area contributed by atoms with Gasteiger partial charge in [-0.3, -0.25) is 19.3 Å². The van der Waals surface area contributed by atoms with E-state index in [2.05, 4.69) is 15.4 Å². The Balaban J connectivity index is 1.75. The first-order valence-electron chi connectivity index (χ1n) is 13.4. The average molecular weight is 653 g/mol. The van der Waals surface area contributed by atoms with Gasteiger partial charge in [-0.1, -0.05) is 41.4 Å². The maximum atomic E-state index is 13.8. The van der Waals surface area contributed by atoms with Crippen LogP contribution in [0.2, 0.25) is 10.0 Å². The summed E-state index contributed by atoms with van der Waals surface area (Å²) in [5.41, 5.74) is 1.33. The van der Waals surface area contributed by atoms with Crippen molar-refractivity contribution in [2.75, 3.05) is 26.1 Å². The minimum atomic E-state index is -1.01. The molecule has 1 saturated heterocycles. The van der Waals surface area contributed by atoms with E-state index in [1.165, 1.54) is 7.11 Å². The van der Waals surface area contributed by atoms with Crippen LogP contribution in [0, 0.1) is 0 Å². The summed E-state index contributed by atoms with van der Waals surface area (Å²) >= 11 is 13.8. The lowest BCUT2D eigenvalue weighted by molar-refractivity contribution is -0.152. The highest BCUT2D eigenvalue weighted by Gasteiger charge is 2.55. The quantitative estimate of drug-likeness (QED) is 0.266. The lowest BCUT2D eigenvalue weighted by Gasteiger charge is -2.35. The van der Waals surface area contributed by atoms with E-state index in [4.69, 9.17) is 27.9 Å². The summed E-state index contributed by atoms with van der Waals surface area (Å²) in [6.45, 7) is 7.86. The molecule has 1 aliphatic heterocycles. The number of rotatable bonds is 11. The smallest absolute Gasteiger partial charge is 0.374 e. The van der Waals surface area contributed by atoms with Crippen LogP contribution in [0.3, 0.4) is 0 Å². The van der Waals surface area contributed by atoms with Crippen molar-refractivity contribution in [3.63, 3.8) is 0 Å². The van der Waals surface area contributed by atoms with Crippen molar-refractivity contribution in [1.82, 2.24) is 10.2 Å². The monoisotopic (exact) mass is 651 g/mol. The Bertz CT molecular complexity index is 1380. The SMILES string of the molecule is COC(=O)C(=O)CCN1[C@H](C(=O)N[C@@H](Cc2ccc(NC(=O)c3c(Cl)cccc3Cl)cc2)C(=O)OC)C(C)(C)SC1(C)C. The van der Waals surface area contributed by atoms with E-state index in [1.807, 2.05) is 32.6 Å². The number of ether oxygens (including phenoxy) is 2. The minimum absolute atomic E-state index is 0.119. The van der Waals surface area contributed by atoms with E-state index in [9.17, 15) is 24.0 Å². The van der Waals surface area contributed by atoms with E-state index in [0.29, 0.717) is 11.3 Å². The molecular weight excluding hydrogens is 617 g/mol. The zero-order valence-corrected chi connectivity index (χ0v) is 27.1. The number of nitrogens with zero attached hydrogens (tertiary/aromatic N) is 1. The number of nitrogens with one attached hydrogen (secondary N) is 2. The second-order valence-electron chi connectivity index (χ2n) is 10.9. The Morgan fingerprint density at radius 3 is 2.12 bits per heavy atom. The first-order chi connectivity index (χ1) is 20.1. The summed E-state index contributed by atoms with van der Waals surface area (Å²) < 4.78 is 8.92. The number of ketones is 1. The number of halogens is 2. The molecule has 232 valence electrons. The van der Waals surface area contributed by atoms with Gasteiger partial charge in [0.1, 0.15) is 12.1 Å². The number of hydrogen-bond acceptors (Lipinski definition) is 9. The van der Waals surface area contributed by atoms with Gasteiger partial charge in [-0.15, -0.1) is 11.8 Å². The van der Waals surface area contributed by atoms with Crippen LogP contribution in [0.25, 0.3) is 0 Å². The highest BCUT2D eigenvalue weighted by Crippen LogP contribution is 2.51. The van der Waals surface area contributed by atoms with Gasteiger partial charge in [0.15, 0.2) is 0 Å². The summed E-state index contributed by atoms with van der Waals surface area (Å²) in [4.78, 5) is 64.4. The molecule has 1 heterocycles. The number of carbonyl (C=O) groups excluding carboxylic acids is 5. The lowest BCUT2D eigenvalue weighted by Crippen LogP contribution is -2.57. The van der Waals surface area contributed by atoms with E-state index < -0.39 is 51.2 Å². The molecule has 0 bridgehead atoms. The lowest BCUT2D eigenvalue weighted by atomic mass is 9.97. The molecule has 1 aliphatic rings. The fourth-order valence-corrected chi connectivity index (χ4v) is 7.71. The molecular formula is C30H35Cl2N3O7S. The summed E-state index contributed by atoms with van der Waals surface area (Å²) in [5.74, 6) is -3.14. The predicted molar refractivity (Wildman–Crippen MR) is 166 cm³/mol. The van der Waals surface area contributed by atoms with Crippen molar-refractivity contribution >= 4 is 70.2 Å². The van der Waals surface area contributed by atoms with Crippen LogP contribution < -0.4 is 10.6 Å². The molecule has 0 unspecified atom stereocenters. The van der Waals surface area contributed by atoms with Gasteiger partial charge in [-0.25, -0.2) is 9.59 Å². The maximum Gasteiger partial charge on any atom is 0.374 e. The van der Waals surface area contributed by atoms with Crippen LogP contribution in [0.5, 0.6) is 0 Å². The fourth-order valence-electron chi connectivity index (χ4n) is 5.19. The molecule has 1 fully saturated rings. The molecule has 0 spiro atoms.